The average molecular weight is 261 g/mol. The Morgan fingerprint density at radius 2 is 2.00 bits per heavy atom. The Labute approximate surface area is 103 Å². The highest BCUT2D eigenvalue weighted by molar-refractivity contribution is 7.74. The Morgan fingerprint density at radius 3 is 2.62 bits per heavy atom. The number of aryl methyl sites for hydroxylation is 1. The van der Waals surface area contributed by atoms with Gasteiger partial charge in [0.1, 0.15) is 0 Å². The summed E-state index contributed by atoms with van der Waals surface area (Å²) in [7, 11) is 0. The predicted octanol–water partition coefficient (Wildman–Crippen LogP) is 2.83. The molecule has 0 aliphatic rings. The standard InChI is InChI=1S/C11H18O3S2/c1-2-3-4-5-10-6-7-11(15-10)8-9-14-16(12)13/h6-7H,2-5,8-9H2,1H3,(H,12,13)/p-1. The van der Waals surface area contributed by atoms with Crippen LogP contribution in [0, 0.1) is 0 Å². The molecule has 1 rings (SSSR count). The summed E-state index contributed by atoms with van der Waals surface area (Å²) in [6, 6.07) is 4.19. The smallest absolute Gasteiger partial charge is 0.0842 e. The topological polar surface area (TPSA) is 49.4 Å². The summed E-state index contributed by atoms with van der Waals surface area (Å²) in [5.41, 5.74) is 0. The molecular weight excluding hydrogens is 244 g/mol. The zero-order valence-electron chi connectivity index (χ0n) is 9.44. The molecule has 0 aliphatic carbocycles. The molecule has 0 fully saturated rings. The summed E-state index contributed by atoms with van der Waals surface area (Å²) in [5.74, 6) is 0. The molecule has 5 heteroatoms. The van der Waals surface area contributed by atoms with Crippen LogP contribution < -0.4 is 0 Å². The van der Waals surface area contributed by atoms with Gasteiger partial charge in [-0.1, -0.05) is 19.8 Å². The van der Waals surface area contributed by atoms with E-state index in [0.29, 0.717) is 6.42 Å². The van der Waals surface area contributed by atoms with Crippen LogP contribution in [0.4, 0.5) is 0 Å². The fourth-order valence-electron chi connectivity index (χ4n) is 1.45. The molecule has 0 N–H and O–H groups in total. The fraction of sp³-hybridized carbons (Fsp3) is 0.636. The molecule has 0 bridgehead atoms. The third kappa shape index (κ3) is 5.75. The first-order valence-corrected chi connectivity index (χ1v) is 7.34. The second-order valence-electron chi connectivity index (χ2n) is 3.60. The molecule has 92 valence electrons. The fourth-order valence-corrected chi connectivity index (χ4v) is 2.71. The first kappa shape index (κ1) is 13.8. The predicted molar refractivity (Wildman–Crippen MR) is 66.1 cm³/mol. The van der Waals surface area contributed by atoms with Crippen molar-refractivity contribution in [2.45, 2.75) is 39.0 Å². The van der Waals surface area contributed by atoms with Gasteiger partial charge < -0.3 is 8.74 Å². The van der Waals surface area contributed by atoms with Crippen molar-refractivity contribution in [1.29, 1.82) is 0 Å². The largest absolute Gasteiger partial charge is 0.750 e. The maximum Gasteiger partial charge on any atom is 0.0842 e. The molecule has 1 unspecified atom stereocenters. The van der Waals surface area contributed by atoms with Gasteiger partial charge in [0, 0.05) is 16.2 Å². The van der Waals surface area contributed by atoms with Crippen LogP contribution in [0.3, 0.4) is 0 Å². The summed E-state index contributed by atoms with van der Waals surface area (Å²) in [6.45, 7) is 2.44. The van der Waals surface area contributed by atoms with Crippen molar-refractivity contribution in [3.05, 3.63) is 21.9 Å². The number of thiophene rings is 1. The van der Waals surface area contributed by atoms with Crippen LogP contribution in [0.25, 0.3) is 0 Å². The van der Waals surface area contributed by atoms with Crippen molar-refractivity contribution < 1.29 is 12.9 Å². The quantitative estimate of drug-likeness (QED) is 0.534. The summed E-state index contributed by atoms with van der Waals surface area (Å²) >= 11 is -0.630. The molecule has 0 aliphatic heterocycles. The van der Waals surface area contributed by atoms with Crippen LogP contribution in [0.1, 0.15) is 35.9 Å². The first-order chi connectivity index (χ1) is 7.72. The molecule has 0 saturated heterocycles. The minimum Gasteiger partial charge on any atom is -0.750 e. The van der Waals surface area contributed by atoms with Gasteiger partial charge in [0.2, 0.25) is 0 Å². The number of unbranched alkanes of at least 4 members (excludes halogenated alkanes) is 2. The zero-order valence-corrected chi connectivity index (χ0v) is 11.1. The van der Waals surface area contributed by atoms with Crippen molar-refractivity contribution >= 4 is 22.7 Å². The van der Waals surface area contributed by atoms with E-state index < -0.39 is 11.4 Å². The van der Waals surface area contributed by atoms with Crippen LogP contribution in [0.2, 0.25) is 0 Å². The van der Waals surface area contributed by atoms with Gasteiger partial charge in [-0.2, -0.15) is 0 Å². The lowest BCUT2D eigenvalue weighted by atomic mass is 10.2. The Kier molecular flexibility index (Phi) is 6.87. The van der Waals surface area contributed by atoms with Gasteiger partial charge in [-0.15, -0.1) is 11.3 Å². The zero-order chi connectivity index (χ0) is 11.8. The molecule has 1 atom stereocenters. The number of hydrogen-bond donors (Lipinski definition) is 0. The lowest BCUT2D eigenvalue weighted by molar-refractivity contribution is 0.305. The van der Waals surface area contributed by atoms with Gasteiger partial charge in [-0.05, 0) is 25.0 Å². The Hall–Kier alpha value is -0.230. The van der Waals surface area contributed by atoms with Gasteiger partial charge in [0.25, 0.3) is 0 Å². The minimum absolute atomic E-state index is 0.241. The van der Waals surface area contributed by atoms with Crippen molar-refractivity contribution in [2.75, 3.05) is 6.61 Å². The highest BCUT2D eigenvalue weighted by Gasteiger charge is 2.00. The van der Waals surface area contributed by atoms with E-state index in [2.05, 4.69) is 23.2 Å². The maximum atomic E-state index is 10.2. The summed E-state index contributed by atoms with van der Waals surface area (Å²) in [4.78, 5) is 2.57. The molecule has 3 nitrogen and oxygen atoms in total. The molecule has 0 aromatic carbocycles. The van der Waals surface area contributed by atoms with Crippen molar-refractivity contribution in [1.82, 2.24) is 0 Å². The summed E-state index contributed by atoms with van der Waals surface area (Å²) in [6.07, 6.45) is 5.55. The summed E-state index contributed by atoms with van der Waals surface area (Å²) in [5, 5.41) is 0. The second-order valence-corrected chi connectivity index (χ2v) is 5.50. The van der Waals surface area contributed by atoms with E-state index in [9.17, 15) is 8.76 Å². The van der Waals surface area contributed by atoms with Crippen molar-refractivity contribution in [3.63, 3.8) is 0 Å². The Balaban J connectivity index is 2.25. The van der Waals surface area contributed by atoms with Crippen LogP contribution in [0.15, 0.2) is 12.1 Å². The molecule has 1 aromatic rings. The van der Waals surface area contributed by atoms with Gasteiger partial charge in [0.15, 0.2) is 0 Å². The van der Waals surface area contributed by atoms with Crippen molar-refractivity contribution in [2.24, 2.45) is 0 Å². The molecule has 0 radical (unpaired) electrons. The van der Waals surface area contributed by atoms with Crippen LogP contribution >= 0.6 is 11.3 Å². The van der Waals surface area contributed by atoms with E-state index in [1.165, 1.54) is 29.0 Å². The van der Waals surface area contributed by atoms with Gasteiger partial charge in [-0.25, -0.2) is 4.21 Å². The van der Waals surface area contributed by atoms with Gasteiger partial charge >= 0.3 is 0 Å². The third-order valence-corrected chi connectivity index (χ3v) is 3.84. The molecule has 0 spiro atoms. The first-order valence-electron chi connectivity index (χ1n) is 5.52. The molecule has 16 heavy (non-hydrogen) atoms. The lowest BCUT2D eigenvalue weighted by Crippen LogP contribution is -1.99. The van der Waals surface area contributed by atoms with E-state index in [-0.39, 0.29) is 6.61 Å². The summed E-state index contributed by atoms with van der Waals surface area (Å²) < 4.78 is 24.8. The van der Waals surface area contributed by atoms with E-state index in [1.54, 1.807) is 11.3 Å². The Bertz CT molecular complexity index is 323. The normalized spacial score (nSPS) is 12.9. The lowest BCUT2D eigenvalue weighted by Gasteiger charge is -2.03. The molecule has 0 amide bonds. The number of rotatable bonds is 8. The van der Waals surface area contributed by atoms with Gasteiger partial charge in [0.05, 0.1) is 18.0 Å². The van der Waals surface area contributed by atoms with E-state index in [0.717, 1.165) is 6.42 Å². The van der Waals surface area contributed by atoms with Crippen LogP contribution in [0.5, 0.6) is 0 Å². The highest BCUT2D eigenvalue weighted by atomic mass is 32.2. The molecule has 1 aromatic heterocycles. The minimum atomic E-state index is -2.38. The third-order valence-electron chi connectivity index (χ3n) is 2.27. The monoisotopic (exact) mass is 261 g/mol. The van der Waals surface area contributed by atoms with E-state index in [4.69, 9.17) is 0 Å². The number of hydrogen-bond acceptors (Lipinski definition) is 4. The molecular formula is C11H17O3S2-. The van der Waals surface area contributed by atoms with E-state index in [1.807, 2.05) is 0 Å². The van der Waals surface area contributed by atoms with E-state index >= 15 is 0 Å². The molecule has 1 heterocycles. The van der Waals surface area contributed by atoms with Crippen LogP contribution in [-0.4, -0.2) is 15.4 Å². The maximum absolute atomic E-state index is 10.2. The molecule has 0 saturated carbocycles. The average Bonchev–Trinajstić information content (AvgIpc) is 2.66. The SMILES string of the molecule is CCCCCc1ccc(CCOS(=O)[O-])s1. The second kappa shape index (κ2) is 7.95. The van der Waals surface area contributed by atoms with Gasteiger partial charge in [-0.3, -0.25) is 0 Å². The van der Waals surface area contributed by atoms with Crippen LogP contribution in [-0.2, 0) is 28.4 Å². The highest BCUT2D eigenvalue weighted by Crippen LogP contribution is 2.19. The van der Waals surface area contributed by atoms with Crippen molar-refractivity contribution in [3.8, 4) is 0 Å². The Morgan fingerprint density at radius 1 is 1.31 bits per heavy atom.